The minimum absolute atomic E-state index is 0.00885. The molecule has 2 aromatic carbocycles. The van der Waals surface area contributed by atoms with Crippen LogP contribution in [0.1, 0.15) is 11.1 Å². The van der Waals surface area contributed by atoms with Crippen LogP contribution in [0.4, 0.5) is 0 Å². The number of nitrogens with zero attached hydrogens (tertiary/aromatic N) is 1. The van der Waals surface area contributed by atoms with Gasteiger partial charge in [-0.2, -0.15) is 0 Å². The lowest BCUT2D eigenvalue weighted by atomic mass is 10.1. The van der Waals surface area contributed by atoms with Crippen LogP contribution in [0.2, 0.25) is 5.02 Å². The lowest BCUT2D eigenvalue weighted by Gasteiger charge is -2.17. The Balaban J connectivity index is 2.09. The van der Waals surface area contributed by atoms with E-state index < -0.39 is 15.9 Å². The predicted octanol–water partition coefficient (Wildman–Crippen LogP) is 2.87. The van der Waals surface area contributed by atoms with Crippen LogP contribution in [0.15, 0.2) is 54.6 Å². The minimum atomic E-state index is -3.69. The van der Waals surface area contributed by atoms with E-state index in [-0.39, 0.29) is 12.2 Å². The molecule has 0 N–H and O–H groups in total. The van der Waals surface area contributed by atoms with Gasteiger partial charge in [0.1, 0.15) is 0 Å². The van der Waals surface area contributed by atoms with Crippen molar-refractivity contribution in [3.63, 3.8) is 0 Å². The first-order chi connectivity index (χ1) is 10.4. The highest BCUT2D eigenvalue weighted by Gasteiger charge is 2.23. The lowest BCUT2D eigenvalue weighted by molar-refractivity contribution is -0.124. The summed E-state index contributed by atoms with van der Waals surface area (Å²) in [5.74, 6) is -0.691. The molecule has 0 unspecified atom stereocenters. The molecule has 0 aliphatic carbocycles. The van der Waals surface area contributed by atoms with Gasteiger partial charge in [0.2, 0.25) is 15.9 Å². The maximum Gasteiger partial charge on any atom is 0.241 e. The molecule has 4 nitrogen and oxygen atoms in total. The van der Waals surface area contributed by atoms with E-state index in [0.29, 0.717) is 16.1 Å². The molecule has 22 heavy (non-hydrogen) atoms. The fourth-order valence-corrected chi connectivity index (χ4v) is 3.36. The van der Waals surface area contributed by atoms with Gasteiger partial charge in [0.05, 0.1) is 12.2 Å². The van der Waals surface area contributed by atoms with Gasteiger partial charge in [0, 0.05) is 12.1 Å². The lowest BCUT2D eigenvalue weighted by Crippen LogP contribution is -2.35. The molecule has 6 heteroatoms. The zero-order valence-electron chi connectivity index (χ0n) is 12.1. The van der Waals surface area contributed by atoms with Crippen molar-refractivity contribution in [3.8, 4) is 0 Å². The first-order valence-electron chi connectivity index (χ1n) is 6.66. The van der Waals surface area contributed by atoms with E-state index in [0.717, 1.165) is 4.31 Å². The van der Waals surface area contributed by atoms with E-state index in [1.54, 1.807) is 48.5 Å². The number of sulfonamides is 1. The van der Waals surface area contributed by atoms with E-state index in [1.807, 2.05) is 6.07 Å². The fourth-order valence-electron chi connectivity index (χ4n) is 1.97. The zero-order chi connectivity index (χ0) is 16.2. The third-order valence-corrected chi connectivity index (χ3v) is 5.18. The van der Waals surface area contributed by atoms with Gasteiger partial charge in [-0.05, 0) is 23.3 Å². The highest BCUT2D eigenvalue weighted by atomic mass is 35.5. The average molecular weight is 338 g/mol. The minimum Gasteiger partial charge on any atom is -0.273 e. The molecule has 0 saturated heterocycles. The van der Waals surface area contributed by atoms with Crippen LogP contribution in [-0.4, -0.2) is 25.7 Å². The van der Waals surface area contributed by atoms with Gasteiger partial charge in [0.25, 0.3) is 0 Å². The summed E-state index contributed by atoms with van der Waals surface area (Å²) in [5, 5.41) is 0.514. The Bertz CT molecular complexity index is 760. The van der Waals surface area contributed by atoms with Crippen molar-refractivity contribution in [2.75, 3.05) is 7.05 Å². The second-order valence-electron chi connectivity index (χ2n) is 4.91. The van der Waals surface area contributed by atoms with E-state index in [2.05, 4.69) is 0 Å². The third kappa shape index (κ3) is 4.32. The Labute approximate surface area is 135 Å². The largest absolute Gasteiger partial charge is 0.273 e. The Morgan fingerprint density at radius 3 is 2.32 bits per heavy atom. The van der Waals surface area contributed by atoms with Crippen LogP contribution >= 0.6 is 11.6 Å². The first-order valence-corrected chi connectivity index (χ1v) is 8.65. The van der Waals surface area contributed by atoms with Crippen molar-refractivity contribution >= 4 is 27.5 Å². The Morgan fingerprint density at radius 2 is 1.68 bits per heavy atom. The summed E-state index contributed by atoms with van der Waals surface area (Å²) in [6.07, 6.45) is -0.00885. The van der Waals surface area contributed by atoms with E-state index >= 15 is 0 Å². The maximum absolute atomic E-state index is 12.3. The fraction of sp³-hybridized carbons (Fsp3) is 0.188. The smallest absolute Gasteiger partial charge is 0.241 e. The SMILES string of the molecule is CN(C(=O)Cc1cccc(Cl)c1)S(=O)(=O)Cc1ccccc1. The number of carbonyl (C=O) groups is 1. The van der Waals surface area contributed by atoms with Crippen molar-refractivity contribution in [2.24, 2.45) is 0 Å². The van der Waals surface area contributed by atoms with Crippen LogP contribution in [-0.2, 0) is 27.0 Å². The molecule has 0 saturated carbocycles. The molecule has 2 aromatic rings. The molecule has 1 amide bonds. The highest BCUT2D eigenvalue weighted by molar-refractivity contribution is 7.88. The van der Waals surface area contributed by atoms with Crippen LogP contribution in [0.3, 0.4) is 0 Å². The van der Waals surface area contributed by atoms with Gasteiger partial charge in [-0.3, -0.25) is 4.79 Å². The first kappa shape index (κ1) is 16.5. The van der Waals surface area contributed by atoms with Crippen molar-refractivity contribution in [3.05, 3.63) is 70.7 Å². The molecule has 0 radical (unpaired) electrons. The topological polar surface area (TPSA) is 54.5 Å². The molecule has 0 aliphatic heterocycles. The van der Waals surface area contributed by atoms with Crippen LogP contribution in [0.25, 0.3) is 0 Å². The van der Waals surface area contributed by atoms with Gasteiger partial charge in [-0.15, -0.1) is 0 Å². The molecule has 0 aromatic heterocycles. The second-order valence-corrected chi connectivity index (χ2v) is 7.35. The van der Waals surface area contributed by atoms with Crippen molar-refractivity contribution < 1.29 is 13.2 Å². The molecule has 0 spiro atoms. The van der Waals surface area contributed by atoms with E-state index in [9.17, 15) is 13.2 Å². The Morgan fingerprint density at radius 1 is 1.05 bits per heavy atom. The zero-order valence-corrected chi connectivity index (χ0v) is 13.6. The third-order valence-electron chi connectivity index (χ3n) is 3.20. The standard InChI is InChI=1S/C16H16ClNO3S/c1-18(16(19)11-14-8-5-9-15(17)10-14)22(20,21)12-13-6-3-2-4-7-13/h2-10H,11-12H2,1H3. The number of hydrogen-bond acceptors (Lipinski definition) is 3. The number of amides is 1. The number of likely N-dealkylation sites (N-methyl/N-ethyl adjacent to an activating group) is 1. The van der Waals surface area contributed by atoms with Crippen molar-refractivity contribution in [2.45, 2.75) is 12.2 Å². The number of halogens is 1. The monoisotopic (exact) mass is 337 g/mol. The molecule has 0 aliphatic rings. The summed E-state index contributed by atoms with van der Waals surface area (Å²) in [4.78, 5) is 12.2. The van der Waals surface area contributed by atoms with Crippen LogP contribution < -0.4 is 0 Å². The quantitative estimate of drug-likeness (QED) is 0.843. The van der Waals surface area contributed by atoms with Gasteiger partial charge in [0.15, 0.2) is 0 Å². The average Bonchev–Trinajstić information content (AvgIpc) is 2.47. The van der Waals surface area contributed by atoms with Gasteiger partial charge < -0.3 is 0 Å². The number of hydrogen-bond donors (Lipinski definition) is 0. The summed E-state index contributed by atoms with van der Waals surface area (Å²) < 4.78 is 25.4. The Hall–Kier alpha value is -1.85. The summed E-state index contributed by atoms with van der Waals surface area (Å²) in [6.45, 7) is 0. The number of benzene rings is 2. The van der Waals surface area contributed by atoms with Crippen LogP contribution in [0.5, 0.6) is 0 Å². The van der Waals surface area contributed by atoms with Gasteiger partial charge in [-0.1, -0.05) is 54.1 Å². The summed E-state index contributed by atoms with van der Waals surface area (Å²) in [6, 6.07) is 15.6. The Kier molecular flexibility index (Phi) is 5.21. The second kappa shape index (κ2) is 6.94. The highest BCUT2D eigenvalue weighted by Crippen LogP contribution is 2.14. The molecular formula is C16H16ClNO3S. The van der Waals surface area contributed by atoms with Crippen LogP contribution in [0, 0.1) is 0 Å². The number of rotatable bonds is 5. The molecule has 2 rings (SSSR count). The molecule has 0 atom stereocenters. The van der Waals surface area contributed by atoms with E-state index in [1.165, 1.54) is 7.05 Å². The van der Waals surface area contributed by atoms with Gasteiger partial charge >= 0.3 is 0 Å². The molecular weight excluding hydrogens is 322 g/mol. The summed E-state index contributed by atoms with van der Waals surface area (Å²) >= 11 is 5.86. The summed E-state index contributed by atoms with van der Waals surface area (Å²) in [7, 11) is -2.41. The van der Waals surface area contributed by atoms with Gasteiger partial charge in [-0.25, -0.2) is 12.7 Å². The molecule has 0 fully saturated rings. The molecule has 0 heterocycles. The normalized spacial score (nSPS) is 11.2. The summed E-state index contributed by atoms with van der Waals surface area (Å²) in [5.41, 5.74) is 1.32. The van der Waals surface area contributed by atoms with E-state index in [4.69, 9.17) is 11.6 Å². The molecule has 0 bridgehead atoms. The van der Waals surface area contributed by atoms with Crippen molar-refractivity contribution in [1.82, 2.24) is 4.31 Å². The molecule has 116 valence electrons. The predicted molar refractivity (Wildman–Crippen MR) is 87.0 cm³/mol. The maximum atomic E-state index is 12.3. The number of carbonyl (C=O) groups excluding carboxylic acids is 1. The van der Waals surface area contributed by atoms with Crippen molar-refractivity contribution in [1.29, 1.82) is 0 Å².